The summed E-state index contributed by atoms with van der Waals surface area (Å²) in [5.74, 6) is 0.806. The average Bonchev–Trinajstić information content (AvgIpc) is 2.38. The number of carbonyl (C=O) groups is 1. The molecule has 0 spiro atoms. The summed E-state index contributed by atoms with van der Waals surface area (Å²) in [6, 6.07) is 3.84. The highest BCUT2D eigenvalue weighted by Gasteiger charge is 2.20. The number of ketones is 1. The largest absolute Gasteiger partial charge is 0.496 e. The number of ether oxygens (including phenoxy) is 1. The van der Waals surface area contributed by atoms with Crippen LogP contribution in [0.1, 0.15) is 35.3 Å². The molecular weight excluding hydrogens is 226 g/mol. The number of nitrogens with one attached hydrogen (secondary N) is 1. The van der Waals surface area contributed by atoms with Crippen LogP contribution >= 0.6 is 0 Å². The predicted octanol–water partition coefficient (Wildman–Crippen LogP) is 2.74. The van der Waals surface area contributed by atoms with Crippen molar-refractivity contribution in [2.24, 2.45) is 5.92 Å². The predicted molar refractivity (Wildman–Crippen MR) is 74.5 cm³/mol. The Bertz CT molecular complexity index is 427. The Morgan fingerprint density at radius 3 is 2.61 bits per heavy atom. The summed E-state index contributed by atoms with van der Waals surface area (Å²) in [5.41, 5.74) is 2.87. The molecule has 3 nitrogen and oxygen atoms in total. The van der Waals surface area contributed by atoms with Crippen molar-refractivity contribution in [2.45, 2.75) is 27.7 Å². The molecule has 1 N–H and O–H groups in total. The van der Waals surface area contributed by atoms with Gasteiger partial charge in [-0.05, 0) is 37.6 Å². The number of benzene rings is 1. The average molecular weight is 249 g/mol. The van der Waals surface area contributed by atoms with E-state index in [9.17, 15) is 4.79 Å². The van der Waals surface area contributed by atoms with Crippen molar-refractivity contribution < 1.29 is 9.53 Å². The van der Waals surface area contributed by atoms with Crippen LogP contribution in [0.15, 0.2) is 12.1 Å². The second kappa shape index (κ2) is 6.55. The smallest absolute Gasteiger partial charge is 0.170 e. The Morgan fingerprint density at radius 1 is 1.39 bits per heavy atom. The van der Waals surface area contributed by atoms with Crippen LogP contribution in [-0.4, -0.2) is 26.0 Å². The second-order valence-electron chi connectivity index (χ2n) is 4.66. The Labute approximate surface area is 110 Å². The lowest BCUT2D eigenvalue weighted by atomic mass is 9.95. The van der Waals surface area contributed by atoms with Crippen molar-refractivity contribution in [3.63, 3.8) is 0 Å². The van der Waals surface area contributed by atoms with Gasteiger partial charge in [0.1, 0.15) is 5.75 Å². The van der Waals surface area contributed by atoms with E-state index >= 15 is 0 Å². The van der Waals surface area contributed by atoms with Gasteiger partial charge in [0.25, 0.3) is 0 Å². The van der Waals surface area contributed by atoms with Gasteiger partial charge in [0.2, 0.25) is 0 Å². The topological polar surface area (TPSA) is 38.3 Å². The van der Waals surface area contributed by atoms with E-state index < -0.39 is 0 Å². The van der Waals surface area contributed by atoms with Crippen LogP contribution in [0, 0.1) is 19.8 Å². The van der Waals surface area contributed by atoms with E-state index in [1.165, 1.54) is 0 Å². The molecule has 0 saturated heterocycles. The molecule has 0 aliphatic carbocycles. The Balaban J connectivity index is 3.02. The molecule has 0 aliphatic rings. The first-order chi connectivity index (χ1) is 8.52. The third kappa shape index (κ3) is 3.10. The number of hydrogen-bond donors (Lipinski definition) is 1. The lowest BCUT2D eigenvalue weighted by molar-refractivity contribution is 0.0926. The SMILES string of the molecule is CCNCC(C)C(=O)c1ccc(C)c(C)c1OC. The summed E-state index contributed by atoms with van der Waals surface area (Å²) in [4.78, 5) is 12.4. The number of aryl methyl sites for hydroxylation is 1. The fourth-order valence-corrected chi connectivity index (χ4v) is 1.97. The highest BCUT2D eigenvalue weighted by atomic mass is 16.5. The maximum absolute atomic E-state index is 12.4. The summed E-state index contributed by atoms with van der Waals surface area (Å²) in [5, 5.41) is 3.20. The molecule has 0 aromatic heterocycles. The third-order valence-electron chi connectivity index (χ3n) is 3.29. The highest BCUT2D eigenvalue weighted by molar-refractivity contribution is 6.00. The first-order valence-corrected chi connectivity index (χ1v) is 6.42. The van der Waals surface area contributed by atoms with Gasteiger partial charge >= 0.3 is 0 Å². The van der Waals surface area contributed by atoms with E-state index in [4.69, 9.17) is 4.74 Å². The maximum atomic E-state index is 12.4. The number of hydrogen-bond acceptors (Lipinski definition) is 3. The summed E-state index contributed by atoms with van der Waals surface area (Å²) in [6.07, 6.45) is 0. The molecule has 0 bridgehead atoms. The molecular formula is C15H23NO2. The van der Waals surface area contributed by atoms with Gasteiger partial charge in [-0.3, -0.25) is 4.79 Å². The maximum Gasteiger partial charge on any atom is 0.170 e. The van der Waals surface area contributed by atoms with Crippen LogP contribution < -0.4 is 10.1 Å². The fraction of sp³-hybridized carbons (Fsp3) is 0.533. The van der Waals surface area contributed by atoms with E-state index in [1.807, 2.05) is 39.8 Å². The van der Waals surface area contributed by atoms with E-state index in [-0.39, 0.29) is 11.7 Å². The van der Waals surface area contributed by atoms with Gasteiger partial charge in [-0.15, -0.1) is 0 Å². The van der Waals surface area contributed by atoms with E-state index in [2.05, 4.69) is 5.32 Å². The molecule has 1 unspecified atom stereocenters. The van der Waals surface area contributed by atoms with Crippen molar-refractivity contribution in [1.29, 1.82) is 0 Å². The van der Waals surface area contributed by atoms with Crippen molar-refractivity contribution >= 4 is 5.78 Å². The molecule has 0 saturated carbocycles. The van der Waals surface area contributed by atoms with E-state index in [0.717, 1.165) is 17.7 Å². The molecule has 0 radical (unpaired) electrons. The summed E-state index contributed by atoms with van der Waals surface area (Å²) < 4.78 is 5.39. The summed E-state index contributed by atoms with van der Waals surface area (Å²) in [7, 11) is 1.62. The molecule has 1 aromatic rings. The highest BCUT2D eigenvalue weighted by Crippen LogP contribution is 2.28. The number of Topliss-reactive ketones (excluding diaryl/α,β-unsaturated/α-hetero) is 1. The van der Waals surface area contributed by atoms with E-state index in [0.29, 0.717) is 17.9 Å². The standard InChI is InChI=1S/C15H23NO2/c1-6-16-9-11(3)14(17)13-8-7-10(2)12(4)15(13)18-5/h7-8,11,16H,6,9H2,1-5H3. The summed E-state index contributed by atoms with van der Waals surface area (Å²) >= 11 is 0. The minimum absolute atomic E-state index is 0.0408. The second-order valence-corrected chi connectivity index (χ2v) is 4.66. The van der Waals surface area contributed by atoms with Gasteiger partial charge in [0, 0.05) is 12.5 Å². The number of carbonyl (C=O) groups excluding carboxylic acids is 1. The number of rotatable bonds is 6. The molecule has 1 rings (SSSR count). The molecule has 3 heteroatoms. The van der Waals surface area contributed by atoms with Crippen molar-refractivity contribution in [1.82, 2.24) is 5.32 Å². The quantitative estimate of drug-likeness (QED) is 0.788. The minimum Gasteiger partial charge on any atom is -0.496 e. The molecule has 0 heterocycles. The molecule has 0 amide bonds. The monoisotopic (exact) mass is 249 g/mol. The Hall–Kier alpha value is -1.35. The molecule has 18 heavy (non-hydrogen) atoms. The number of methoxy groups -OCH3 is 1. The van der Waals surface area contributed by atoms with Crippen molar-refractivity contribution in [2.75, 3.05) is 20.2 Å². The Morgan fingerprint density at radius 2 is 2.06 bits per heavy atom. The molecule has 100 valence electrons. The lowest BCUT2D eigenvalue weighted by Crippen LogP contribution is -2.26. The van der Waals surface area contributed by atoms with Gasteiger partial charge in [0.15, 0.2) is 5.78 Å². The Kier molecular flexibility index (Phi) is 5.35. The minimum atomic E-state index is -0.0408. The van der Waals surface area contributed by atoms with Crippen LogP contribution in [0.4, 0.5) is 0 Å². The van der Waals surface area contributed by atoms with Crippen molar-refractivity contribution in [3.8, 4) is 5.75 Å². The van der Waals surface area contributed by atoms with Crippen LogP contribution in [0.5, 0.6) is 5.75 Å². The third-order valence-corrected chi connectivity index (χ3v) is 3.29. The van der Waals surface area contributed by atoms with Crippen molar-refractivity contribution in [3.05, 3.63) is 28.8 Å². The van der Waals surface area contributed by atoms with E-state index in [1.54, 1.807) is 7.11 Å². The fourth-order valence-electron chi connectivity index (χ4n) is 1.97. The van der Waals surface area contributed by atoms with Gasteiger partial charge in [0.05, 0.1) is 12.7 Å². The van der Waals surface area contributed by atoms with Crippen LogP contribution in [0.2, 0.25) is 0 Å². The van der Waals surface area contributed by atoms with Crippen LogP contribution in [0.25, 0.3) is 0 Å². The molecule has 1 aromatic carbocycles. The zero-order chi connectivity index (χ0) is 13.7. The van der Waals surface area contributed by atoms with Gasteiger partial charge in [-0.2, -0.15) is 0 Å². The van der Waals surface area contributed by atoms with Gasteiger partial charge < -0.3 is 10.1 Å². The van der Waals surface area contributed by atoms with Gasteiger partial charge in [-0.1, -0.05) is 19.9 Å². The lowest BCUT2D eigenvalue weighted by Gasteiger charge is -2.16. The molecule has 0 aliphatic heterocycles. The normalized spacial score (nSPS) is 12.3. The van der Waals surface area contributed by atoms with Gasteiger partial charge in [-0.25, -0.2) is 0 Å². The molecule has 0 fully saturated rings. The summed E-state index contributed by atoms with van der Waals surface area (Å²) in [6.45, 7) is 9.56. The first-order valence-electron chi connectivity index (χ1n) is 6.42. The molecule has 1 atom stereocenters. The zero-order valence-electron chi connectivity index (χ0n) is 12.0. The van der Waals surface area contributed by atoms with Crippen LogP contribution in [0.3, 0.4) is 0 Å². The van der Waals surface area contributed by atoms with Crippen LogP contribution in [-0.2, 0) is 0 Å². The first kappa shape index (κ1) is 14.7. The zero-order valence-corrected chi connectivity index (χ0v) is 12.0.